The zero-order valence-electron chi connectivity index (χ0n) is 14.6. The number of carbonyl (C=O) groups is 1. The van der Waals surface area contributed by atoms with Gasteiger partial charge in [-0.05, 0) is 38.8 Å². The van der Waals surface area contributed by atoms with E-state index in [0.29, 0.717) is 12.5 Å². The summed E-state index contributed by atoms with van der Waals surface area (Å²) in [7, 11) is 1.98. The molecule has 130 valence electrons. The average Bonchev–Trinajstić information content (AvgIpc) is 3.12. The van der Waals surface area contributed by atoms with Gasteiger partial charge in [-0.25, -0.2) is 4.98 Å². The Morgan fingerprint density at radius 1 is 1.50 bits per heavy atom. The van der Waals surface area contributed by atoms with Crippen LogP contribution in [0.25, 0.3) is 0 Å². The number of anilines is 1. The van der Waals surface area contributed by atoms with Gasteiger partial charge in [0, 0.05) is 36.3 Å². The van der Waals surface area contributed by atoms with E-state index in [2.05, 4.69) is 40.2 Å². The molecule has 1 saturated heterocycles. The number of likely N-dealkylation sites (tertiary alicyclic amines) is 1. The van der Waals surface area contributed by atoms with Crippen LogP contribution in [0.4, 0.5) is 5.13 Å². The van der Waals surface area contributed by atoms with E-state index in [1.807, 2.05) is 17.9 Å². The largest absolute Gasteiger partial charge is 0.301 e. The second-order valence-corrected chi connectivity index (χ2v) is 7.58. The third-order valence-electron chi connectivity index (χ3n) is 4.62. The molecule has 1 N–H and O–H groups in total. The van der Waals surface area contributed by atoms with Crippen LogP contribution in [-0.4, -0.2) is 45.2 Å². The first kappa shape index (κ1) is 17.1. The number of hydrogen-bond donors (Lipinski definition) is 1. The molecule has 2 aromatic rings. The lowest BCUT2D eigenvalue weighted by Gasteiger charge is -2.32. The van der Waals surface area contributed by atoms with Gasteiger partial charge in [0.2, 0.25) is 5.91 Å². The van der Waals surface area contributed by atoms with E-state index in [0.717, 1.165) is 43.2 Å². The van der Waals surface area contributed by atoms with Crippen LogP contribution in [0.15, 0.2) is 12.3 Å². The lowest BCUT2D eigenvalue weighted by atomic mass is 9.94. The van der Waals surface area contributed by atoms with E-state index in [9.17, 15) is 4.79 Å². The van der Waals surface area contributed by atoms with Crippen LogP contribution in [0.2, 0.25) is 0 Å². The summed E-state index contributed by atoms with van der Waals surface area (Å²) in [6.07, 6.45) is 5.01. The summed E-state index contributed by atoms with van der Waals surface area (Å²) in [5.41, 5.74) is 2.33. The maximum atomic E-state index is 12.3. The quantitative estimate of drug-likeness (QED) is 0.903. The van der Waals surface area contributed by atoms with Crippen LogP contribution in [0.1, 0.15) is 41.9 Å². The molecule has 24 heavy (non-hydrogen) atoms. The Balaban J connectivity index is 1.56. The number of aryl methyl sites for hydroxylation is 3. The monoisotopic (exact) mass is 347 g/mol. The maximum absolute atomic E-state index is 12.3. The molecule has 0 aliphatic carbocycles. The molecule has 0 spiro atoms. The smallest absolute Gasteiger partial charge is 0.240 e. The van der Waals surface area contributed by atoms with E-state index in [-0.39, 0.29) is 5.91 Å². The number of nitrogens with one attached hydrogen (secondary N) is 1. The van der Waals surface area contributed by atoms with Crippen molar-refractivity contribution in [3.05, 3.63) is 28.5 Å². The van der Waals surface area contributed by atoms with Crippen molar-refractivity contribution in [2.24, 2.45) is 7.05 Å². The third kappa shape index (κ3) is 3.84. The van der Waals surface area contributed by atoms with Crippen molar-refractivity contribution < 1.29 is 4.79 Å². The molecule has 7 heteroatoms. The summed E-state index contributed by atoms with van der Waals surface area (Å²) >= 11 is 1.56. The van der Waals surface area contributed by atoms with Crippen molar-refractivity contribution in [3.8, 4) is 0 Å². The Bertz CT molecular complexity index is 708. The molecule has 0 saturated carbocycles. The van der Waals surface area contributed by atoms with Crippen LogP contribution in [-0.2, 0) is 18.3 Å². The van der Waals surface area contributed by atoms with Crippen LogP contribution >= 0.6 is 11.3 Å². The van der Waals surface area contributed by atoms with Gasteiger partial charge >= 0.3 is 0 Å². The maximum Gasteiger partial charge on any atom is 0.240 e. The second-order valence-electron chi connectivity index (χ2n) is 6.38. The van der Waals surface area contributed by atoms with Gasteiger partial charge in [0.1, 0.15) is 0 Å². The van der Waals surface area contributed by atoms with Gasteiger partial charge in [0.25, 0.3) is 0 Å². The molecule has 3 rings (SSSR count). The number of aromatic nitrogens is 3. The molecule has 1 fully saturated rings. The SMILES string of the molecule is CCc1nc(NC(=O)CN2CCC[C@@H](c3ccnn3C)C2)sc1C. The number of piperidine rings is 1. The van der Waals surface area contributed by atoms with Gasteiger partial charge in [-0.1, -0.05) is 6.92 Å². The first-order valence-electron chi connectivity index (χ1n) is 8.53. The standard InChI is InChI=1S/C17H25N5OS/c1-4-14-12(2)24-17(19-14)20-16(23)11-22-9-5-6-13(10-22)15-7-8-18-21(15)3/h7-8,13H,4-6,9-11H2,1-3H3,(H,19,20,23)/t13-/m1/s1. The Morgan fingerprint density at radius 3 is 3.00 bits per heavy atom. The molecule has 1 aliphatic heterocycles. The third-order valence-corrected chi connectivity index (χ3v) is 5.55. The topological polar surface area (TPSA) is 63.1 Å². The molecular weight excluding hydrogens is 322 g/mol. The lowest BCUT2D eigenvalue weighted by molar-refractivity contribution is -0.117. The van der Waals surface area contributed by atoms with Crippen LogP contribution in [0.5, 0.6) is 0 Å². The normalized spacial score (nSPS) is 18.7. The molecule has 2 aromatic heterocycles. The van der Waals surface area contributed by atoms with Crippen LogP contribution in [0.3, 0.4) is 0 Å². The van der Waals surface area contributed by atoms with E-state index >= 15 is 0 Å². The minimum absolute atomic E-state index is 0.0251. The Labute approximate surface area is 146 Å². The molecule has 1 amide bonds. The molecule has 3 heterocycles. The number of amides is 1. The van der Waals surface area contributed by atoms with Crippen molar-refractivity contribution in [2.45, 2.75) is 39.0 Å². The fourth-order valence-electron chi connectivity index (χ4n) is 3.40. The highest BCUT2D eigenvalue weighted by molar-refractivity contribution is 7.15. The molecule has 6 nitrogen and oxygen atoms in total. The van der Waals surface area contributed by atoms with Gasteiger partial charge in [0.15, 0.2) is 5.13 Å². The minimum Gasteiger partial charge on any atom is -0.301 e. The van der Waals surface area contributed by atoms with E-state index in [1.54, 1.807) is 11.3 Å². The van der Waals surface area contributed by atoms with Gasteiger partial charge < -0.3 is 5.32 Å². The van der Waals surface area contributed by atoms with Crippen molar-refractivity contribution in [3.63, 3.8) is 0 Å². The molecule has 0 radical (unpaired) electrons. The molecule has 1 atom stereocenters. The fraction of sp³-hybridized carbons (Fsp3) is 0.588. The predicted octanol–water partition coefficient (Wildman–Crippen LogP) is 2.57. The molecule has 1 aliphatic rings. The first-order chi connectivity index (χ1) is 11.6. The first-order valence-corrected chi connectivity index (χ1v) is 9.35. The van der Waals surface area contributed by atoms with Gasteiger partial charge in [-0.3, -0.25) is 14.4 Å². The number of hydrogen-bond acceptors (Lipinski definition) is 5. The van der Waals surface area contributed by atoms with Crippen LogP contribution < -0.4 is 5.32 Å². The summed E-state index contributed by atoms with van der Waals surface area (Å²) in [6, 6.07) is 2.08. The summed E-state index contributed by atoms with van der Waals surface area (Å²) < 4.78 is 1.94. The summed E-state index contributed by atoms with van der Waals surface area (Å²) in [6.45, 7) is 6.44. The highest BCUT2D eigenvalue weighted by atomic mass is 32.1. The minimum atomic E-state index is 0.0251. The average molecular weight is 347 g/mol. The highest BCUT2D eigenvalue weighted by Gasteiger charge is 2.24. The molecule has 0 bridgehead atoms. The van der Waals surface area contributed by atoms with Crippen LogP contribution in [0, 0.1) is 6.92 Å². The molecule has 0 aromatic carbocycles. The van der Waals surface area contributed by atoms with E-state index in [4.69, 9.17) is 0 Å². The molecule has 0 unspecified atom stereocenters. The highest BCUT2D eigenvalue weighted by Crippen LogP contribution is 2.26. The Kier molecular flexibility index (Phi) is 5.30. The van der Waals surface area contributed by atoms with Gasteiger partial charge in [0.05, 0.1) is 12.2 Å². The summed E-state index contributed by atoms with van der Waals surface area (Å²) in [5.74, 6) is 0.477. The zero-order chi connectivity index (χ0) is 17.1. The van der Waals surface area contributed by atoms with Gasteiger partial charge in [-0.2, -0.15) is 5.10 Å². The zero-order valence-corrected chi connectivity index (χ0v) is 15.4. The summed E-state index contributed by atoms with van der Waals surface area (Å²) in [5, 5.41) is 7.94. The Hall–Kier alpha value is -1.73. The van der Waals surface area contributed by atoms with Crippen molar-refractivity contribution in [1.29, 1.82) is 0 Å². The van der Waals surface area contributed by atoms with Crippen molar-refractivity contribution in [1.82, 2.24) is 19.7 Å². The van der Waals surface area contributed by atoms with Crippen molar-refractivity contribution in [2.75, 3.05) is 25.0 Å². The Morgan fingerprint density at radius 2 is 2.33 bits per heavy atom. The second kappa shape index (κ2) is 7.44. The number of nitrogens with zero attached hydrogens (tertiary/aromatic N) is 4. The van der Waals surface area contributed by atoms with E-state index < -0.39 is 0 Å². The molecular formula is C17H25N5OS. The summed E-state index contributed by atoms with van der Waals surface area (Å²) in [4.78, 5) is 20.2. The van der Waals surface area contributed by atoms with Crippen molar-refractivity contribution >= 4 is 22.4 Å². The number of rotatable bonds is 5. The lowest BCUT2D eigenvalue weighted by Crippen LogP contribution is -2.40. The predicted molar refractivity (Wildman–Crippen MR) is 96.5 cm³/mol. The number of carbonyl (C=O) groups excluding carboxylic acids is 1. The van der Waals surface area contributed by atoms with E-state index in [1.165, 1.54) is 10.6 Å². The number of thiazole rings is 1. The van der Waals surface area contributed by atoms with Gasteiger partial charge in [-0.15, -0.1) is 11.3 Å². The fourth-order valence-corrected chi connectivity index (χ4v) is 4.32.